The van der Waals surface area contributed by atoms with Gasteiger partial charge >= 0.3 is 0 Å². The SMILES string of the molecule is Cc1ccc(-c2ccc(C)c(Cl)c2F)c(F)c1F.Cc1ccc(-c2ccc(C)c(F)c2F)c(F)c1F.Cc1ccc(-c2ccc(C)c(F)c2F)c(F)c1F. The molecule has 0 nitrogen and oxygen atoms in total. The molecule has 6 aromatic rings. The van der Waals surface area contributed by atoms with Gasteiger partial charge in [-0.05, 0) is 74.9 Å². The van der Waals surface area contributed by atoms with E-state index in [4.69, 9.17) is 11.6 Å². The second kappa shape index (κ2) is 16.9. The van der Waals surface area contributed by atoms with E-state index in [1.807, 2.05) is 0 Å². The van der Waals surface area contributed by atoms with Crippen molar-refractivity contribution in [2.24, 2.45) is 0 Å². The number of aryl methyl sites for hydroxylation is 6. The molecule has 6 aromatic carbocycles. The van der Waals surface area contributed by atoms with Gasteiger partial charge in [0.2, 0.25) is 0 Å². The lowest BCUT2D eigenvalue weighted by Gasteiger charge is -2.09. The van der Waals surface area contributed by atoms with Gasteiger partial charge in [-0.1, -0.05) is 84.4 Å². The zero-order valence-electron chi connectivity index (χ0n) is 29.5. The van der Waals surface area contributed by atoms with Crippen LogP contribution in [0.3, 0.4) is 0 Å². The summed E-state index contributed by atoms with van der Waals surface area (Å²) in [6, 6.07) is 16.0. The van der Waals surface area contributed by atoms with E-state index >= 15 is 0 Å². The highest BCUT2D eigenvalue weighted by atomic mass is 35.5. The largest absolute Gasteiger partial charge is 0.205 e. The Kier molecular flexibility index (Phi) is 13.0. The molecule has 0 radical (unpaired) electrons. The number of halogens is 12. The van der Waals surface area contributed by atoms with Gasteiger partial charge in [0, 0.05) is 33.4 Å². The normalized spacial score (nSPS) is 10.8. The Morgan fingerprint density at radius 2 is 0.407 bits per heavy atom. The van der Waals surface area contributed by atoms with Gasteiger partial charge in [-0.2, -0.15) is 0 Å². The molecule has 0 aromatic heterocycles. The predicted octanol–water partition coefficient (Wildman–Crippen LogP) is 14.1. The molecule has 12 heteroatoms. The van der Waals surface area contributed by atoms with Gasteiger partial charge in [0.25, 0.3) is 0 Å². The van der Waals surface area contributed by atoms with Crippen LogP contribution in [-0.2, 0) is 0 Å². The molecular weight excluding hydrogens is 749 g/mol. The topological polar surface area (TPSA) is 0 Å². The lowest BCUT2D eigenvalue weighted by atomic mass is 10.0. The predicted molar refractivity (Wildman–Crippen MR) is 189 cm³/mol. The van der Waals surface area contributed by atoms with Gasteiger partial charge in [0.1, 0.15) is 5.82 Å². The first-order valence-corrected chi connectivity index (χ1v) is 16.4. The molecule has 0 aliphatic heterocycles. The fourth-order valence-electron chi connectivity index (χ4n) is 5.12. The summed E-state index contributed by atoms with van der Waals surface area (Å²) in [5.74, 6) is -11.6. The highest BCUT2D eigenvalue weighted by Gasteiger charge is 2.21. The van der Waals surface area contributed by atoms with Crippen molar-refractivity contribution in [3.8, 4) is 33.4 Å². The molecule has 0 saturated carbocycles. The first-order valence-electron chi connectivity index (χ1n) is 16.0. The molecule has 0 unspecified atom stereocenters. The minimum Gasteiger partial charge on any atom is -0.205 e. The van der Waals surface area contributed by atoms with E-state index in [2.05, 4.69) is 0 Å². The number of hydrogen-bond donors (Lipinski definition) is 0. The molecule has 0 N–H and O–H groups in total. The lowest BCUT2D eigenvalue weighted by Crippen LogP contribution is -1.98. The molecule has 0 fully saturated rings. The zero-order valence-corrected chi connectivity index (χ0v) is 30.2. The summed E-state index contributed by atoms with van der Waals surface area (Å²) in [7, 11) is 0. The van der Waals surface area contributed by atoms with Crippen LogP contribution in [0.4, 0.5) is 48.3 Å². The van der Waals surface area contributed by atoms with E-state index in [1.165, 1.54) is 101 Å². The zero-order chi connectivity index (χ0) is 40.3. The average Bonchev–Trinajstić information content (AvgIpc) is 3.14. The van der Waals surface area contributed by atoms with Gasteiger partial charge in [-0.25, -0.2) is 48.3 Å². The van der Waals surface area contributed by atoms with Crippen LogP contribution in [0.15, 0.2) is 72.8 Å². The first kappa shape index (κ1) is 41.6. The van der Waals surface area contributed by atoms with Gasteiger partial charge in [0.15, 0.2) is 58.2 Å². The Balaban J connectivity index is 0.000000180. The smallest absolute Gasteiger partial charge is 0.167 e. The maximum absolute atomic E-state index is 13.9. The molecule has 54 heavy (non-hydrogen) atoms. The maximum Gasteiger partial charge on any atom is 0.167 e. The standard InChI is InChI=1S/C14H10ClF3.2C14H10F4/c3*1-7-3-5-9(13(17)11(7)15)10-6-4-8(2)12(16)14(10)18/h3*3-6H,1-2H3. The first-order chi connectivity index (χ1) is 25.3. The van der Waals surface area contributed by atoms with Crippen molar-refractivity contribution in [2.45, 2.75) is 41.5 Å². The van der Waals surface area contributed by atoms with E-state index in [9.17, 15) is 48.3 Å². The Labute approximate surface area is 309 Å². The van der Waals surface area contributed by atoms with E-state index in [0.717, 1.165) is 0 Å². The molecule has 0 bridgehead atoms. The molecular formula is C42H30ClF11. The van der Waals surface area contributed by atoms with Crippen LogP contribution in [0, 0.1) is 106 Å². The summed E-state index contributed by atoms with van der Waals surface area (Å²) >= 11 is 5.76. The molecule has 0 amide bonds. The molecule has 0 aliphatic rings. The molecule has 0 saturated heterocycles. The van der Waals surface area contributed by atoms with Gasteiger partial charge in [-0.15, -0.1) is 0 Å². The van der Waals surface area contributed by atoms with E-state index in [0.29, 0.717) is 5.56 Å². The van der Waals surface area contributed by atoms with Crippen LogP contribution in [0.5, 0.6) is 0 Å². The van der Waals surface area contributed by atoms with Crippen molar-refractivity contribution in [1.82, 2.24) is 0 Å². The molecule has 6 rings (SSSR count). The van der Waals surface area contributed by atoms with Gasteiger partial charge in [-0.3, -0.25) is 0 Å². The minimum absolute atomic E-state index is 0.0398. The quantitative estimate of drug-likeness (QED) is 0.157. The molecule has 282 valence electrons. The summed E-state index contributed by atoms with van der Waals surface area (Å²) in [6.45, 7) is 8.67. The summed E-state index contributed by atoms with van der Waals surface area (Å²) in [4.78, 5) is 0. The number of hydrogen-bond acceptors (Lipinski definition) is 0. The third-order valence-electron chi connectivity index (χ3n) is 8.52. The maximum atomic E-state index is 13.9. The second-order valence-corrected chi connectivity index (χ2v) is 12.7. The van der Waals surface area contributed by atoms with E-state index in [-0.39, 0.29) is 66.2 Å². The van der Waals surface area contributed by atoms with Crippen LogP contribution in [-0.4, -0.2) is 0 Å². The Morgan fingerprint density at radius 3 is 0.611 bits per heavy atom. The van der Waals surface area contributed by atoms with Crippen LogP contribution >= 0.6 is 11.6 Å². The number of benzene rings is 6. The summed E-state index contributed by atoms with van der Waals surface area (Å²) in [5, 5.41) is -0.0760. The van der Waals surface area contributed by atoms with Crippen molar-refractivity contribution >= 4 is 11.6 Å². The van der Waals surface area contributed by atoms with Gasteiger partial charge < -0.3 is 0 Å². The molecule has 0 heterocycles. The van der Waals surface area contributed by atoms with E-state index in [1.54, 1.807) is 13.0 Å². The van der Waals surface area contributed by atoms with Crippen molar-refractivity contribution < 1.29 is 48.3 Å². The lowest BCUT2D eigenvalue weighted by molar-refractivity contribution is 0.496. The van der Waals surface area contributed by atoms with Crippen molar-refractivity contribution in [3.63, 3.8) is 0 Å². The summed E-state index contributed by atoms with van der Waals surface area (Å²) < 4.78 is 150. The van der Waals surface area contributed by atoms with Crippen molar-refractivity contribution in [1.29, 1.82) is 0 Å². The number of rotatable bonds is 3. The Hall–Kier alpha value is -5.16. The van der Waals surface area contributed by atoms with Crippen LogP contribution in [0.2, 0.25) is 5.02 Å². The van der Waals surface area contributed by atoms with Crippen molar-refractivity contribution in [2.75, 3.05) is 0 Å². The van der Waals surface area contributed by atoms with Crippen LogP contribution in [0.25, 0.3) is 33.4 Å². The van der Waals surface area contributed by atoms with Crippen molar-refractivity contribution in [3.05, 3.63) is 175 Å². The van der Waals surface area contributed by atoms with Crippen LogP contribution < -0.4 is 0 Å². The fraction of sp³-hybridized carbons (Fsp3) is 0.143. The average molecular weight is 779 g/mol. The highest BCUT2D eigenvalue weighted by Crippen LogP contribution is 2.34. The Morgan fingerprint density at radius 1 is 0.241 bits per heavy atom. The minimum atomic E-state index is -1.17. The van der Waals surface area contributed by atoms with Gasteiger partial charge in [0.05, 0.1) is 5.02 Å². The second-order valence-electron chi connectivity index (χ2n) is 12.3. The van der Waals surface area contributed by atoms with Crippen LogP contribution in [0.1, 0.15) is 33.4 Å². The third kappa shape index (κ3) is 8.31. The Bertz CT molecular complexity index is 1960. The highest BCUT2D eigenvalue weighted by molar-refractivity contribution is 6.31. The molecule has 0 spiro atoms. The monoisotopic (exact) mass is 778 g/mol. The fourth-order valence-corrected chi connectivity index (χ4v) is 5.29. The van der Waals surface area contributed by atoms with E-state index < -0.39 is 64.0 Å². The summed E-state index contributed by atoms with van der Waals surface area (Å²) in [6.07, 6.45) is 0. The molecule has 0 aliphatic carbocycles. The molecule has 0 atom stereocenters. The third-order valence-corrected chi connectivity index (χ3v) is 8.99. The summed E-state index contributed by atoms with van der Waals surface area (Å²) in [5.41, 5.74) is -0.116.